The predicted octanol–water partition coefficient (Wildman–Crippen LogP) is 1.32. The van der Waals surface area contributed by atoms with E-state index in [1.54, 1.807) is 24.9 Å². The molecule has 0 saturated carbocycles. The van der Waals surface area contributed by atoms with E-state index >= 15 is 0 Å². The SMILES string of the molecule is Cn1nc(N2c3ccccc3CC2(C)C(=O)O)ccc1=O. The molecule has 1 atom stereocenters. The fourth-order valence-corrected chi connectivity index (χ4v) is 2.75. The fraction of sp³-hybridized carbons (Fsp3) is 0.267. The molecule has 0 fully saturated rings. The van der Waals surface area contributed by atoms with E-state index in [-0.39, 0.29) is 5.56 Å². The molecule has 1 unspecified atom stereocenters. The Labute approximate surface area is 121 Å². The lowest BCUT2D eigenvalue weighted by Gasteiger charge is -2.32. The van der Waals surface area contributed by atoms with Crippen LogP contribution in [0.1, 0.15) is 12.5 Å². The molecular weight excluding hydrogens is 270 g/mol. The molecule has 108 valence electrons. The lowest BCUT2D eigenvalue weighted by Crippen LogP contribution is -2.49. The van der Waals surface area contributed by atoms with Gasteiger partial charge in [0.1, 0.15) is 5.54 Å². The summed E-state index contributed by atoms with van der Waals surface area (Å²) in [4.78, 5) is 25.0. The topological polar surface area (TPSA) is 75.4 Å². The minimum absolute atomic E-state index is 0.233. The van der Waals surface area contributed by atoms with Gasteiger partial charge in [-0.05, 0) is 24.6 Å². The third kappa shape index (κ3) is 1.91. The van der Waals surface area contributed by atoms with Crippen LogP contribution in [-0.4, -0.2) is 26.4 Å². The maximum Gasteiger partial charge on any atom is 0.330 e. The lowest BCUT2D eigenvalue weighted by molar-refractivity contribution is -0.142. The number of carboxylic acid groups (broad SMARTS) is 1. The number of aromatic nitrogens is 2. The Morgan fingerprint density at radius 3 is 2.67 bits per heavy atom. The van der Waals surface area contributed by atoms with Crippen LogP contribution in [0, 0.1) is 0 Å². The van der Waals surface area contributed by atoms with Crippen molar-refractivity contribution < 1.29 is 9.90 Å². The molecule has 1 aliphatic rings. The van der Waals surface area contributed by atoms with Crippen LogP contribution in [0.3, 0.4) is 0 Å². The number of para-hydroxylation sites is 1. The molecule has 1 aromatic carbocycles. The van der Waals surface area contributed by atoms with Gasteiger partial charge in [0.2, 0.25) is 0 Å². The number of aliphatic carboxylic acids is 1. The van der Waals surface area contributed by atoms with E-state index in [2.05, 4.69) is 5.10 Å². The van der Waals surface area contributed by atoms with E-state index in [0.29, 0.717) is 12.2 Å². The standard InChI is InChI=1S/C15H15N3O3/c1-15(14(20)21)9-10-5-3-4-6-11(10)18(15)12-7-8-13(19)17(2)16-12/h3-8H,9H2,1-2H3,(H,20,21). The molecule has 2 aromatic rings. The molecule has 2 heterocycles. The summed E-state index contributed by atoms with van der Waals surface area (Å²) in [5.74, 6) is -0.471. The van der Waals surface area contributed by atoms with Gasteiger partial charge in [0.15, 0.2) is 5.82 Å². The molecule has 6 heteroatoms. The average Bonchev–Trinajstić information content (AvgIpc) is 2.75. The van der Waals surface area contributed by atoms with Gasteiger partial charge in [-0.25, -0.2) is 9.48 Å². The van der Waals surface area contributed by atoms with Gasteiger partial charge in [-0.1, -0.05) is 18.2 Å². The van der Waals surface area contributed by atoms with Crippen molar-refractivity contribution in [2.75, 3.05) is 4.90 Å². The van der Waals surface area contributed by atoms with Crippen molar-refractivity contribution in [2.45, 2.75) is 18.9 Å². The van der Waals surface area contributed by atoms with E-state index in [0.717, 1.165) is 11.3 Å². The second-order valence-corrected chi connectivity index (χ2v) is 5.37. The highest BCUT2D eigenvalue weighted by molar-refractivity contribution is 5.90. The predicted molar refractivity (Wildman–Crippen MR) is 77.8 cm³/mol. The molecule has 0 saturated heterocycles. The van der Waals surface area contributed by atoms with Crippen LogP contribution in [0.25, 0.3) is 0 Å². The minimum atomic E-state index is -1.12. The Morgan fingerprint density at radius 2 is 2.00 bits per heavy atom. The van der Waals surface area contributed by atoms with Gasteiger partial charge in [0.05, 0.1) is 0 Å². The van der Waals surface area contributed by atoms with Crippen LogP contribution in [-0.2, 0) is 18.3 Å². The van der Waals surface area contributed by atoms with Gasteiger partial charge in [0, 0.05) is 25.2 Å². The van der Waals surface area contributed by atoms with Crippen LogP contribution >= 0.6 is 0 Å². The lowest BCUT2D eigenvalue weighted by atomic mass is 9.97. The summed E-state index contributed by atoms with van der Waals surface area (Å²) >= 11 is 0. The van der Waals surface area contributed by atoms with Crippen LogP contribution in [0.4, 0.5) is 11.5 Å². The molecule has 1 N–H and O–H groups in total. The molecule has 0 radical (unpaired) electrons. The molecule has 3 rings (SSSR count). The zero-order valence-corrected chi connectivity index (χ0v) is 11.8. The molecule has 6 nitrogen and oxygen atoms in total. The summed E-state index contributed by atoms with van der Waals surface area (Å²) < 4.78 is 1.21. The van der Waals surface area contributed by atoms with Crippen molar-refractivity contribution in [1.29, 1.82) is 0 Å². The fourth-order valence-electron chi connectivity index (χ4n) is 2.75. The monoisotopic (exact) mass is 285 g/mol. The van der Waals surface area contributed by atoms with Gasteiger partial charge in [-0.15, -0.1) is 0 Å². The van der Waals surface area contributed by atoms with Crippen molar-refractivity contribution in [3.63, 3.8) is 0 Å². The van der Waals surface area contributed by atoms with Gasteiger partial charge >= 0.3 is 5.97 Å². The first kappa shape index (κ1) is 13.4. The van der Waals surface area contributed by atoms with Gasteiger partial charge in [0.25, 0.3) is 5.56 Å². The number of aryl methyl sites for hydroxylation is 1. The molecule has 1 aromatic heterocycles. The Hall–Kier alpha value is -2.63. The first-order chi connectivity index (χ1) is 9.93. The number of anilines is 2. The number of carboxylic acids is 1. The van der Waals surface area contributed by atoms with E-state index < -0.39 is 11.5 Å². The summed E-state index contributed by atoms with van der Waals surface area (Å²) in [5, 5.41) is 13.9. The minimum Gasteiger partial charge on any atom is -0.479 e. The summed E-state index contributed by atoms with van der Waals surface area (Å²) in [6.45, 7) is 1.67. The van der Waals surface area contributed by atoms with Gasteiger partial charge in [-0.2, -0.15) is 5.10 Å². The number of fused-ring (bicyclic) bond motifs is 1. The van der Waals surface area contributed by atoms with Crippen molar-refractivity contribution in [3.8, 4) is 0 Å². The second kappa shape index (κ2) is 4.44. The summed E-state index contributed by atoms with van der Waals surface area (Å²) in [6.07, 6.45) is 0.392. The summed E-state index contributed by atoms with van der Waals surface area (Å²) in [6, 6.07) is 10.5. The number of hydrogen-bond acceptors (Lipinski definition) is 4. The molecule has 0 amide bonds. The Kier molecular flexibility index (Phi) is 2.83. The van der Waals surface area contributed by atoms with Crippen molar-refractivity contribution in [1.82, 2.24) is 9.78 Å². The number of rotatable bonds is 2. The molecule has 1 aliphatic heterocycles. The van der Waals surface area contributed by atoms with Crippen molar-refractivity contribution in [3.05, 3.63) is 52.3 Å². The van der Waals surface area contributed by atoms with Crippen LogP contribution < -0.4 is 10.5 Å². The van der Waals surface area contributed by atoms with E-state index in [1.807, 2.05) is 24.3 Å². The summed E-state index contributed by atoms with van der Waals surface area (Å²) in [5.41, 5.74) is 0.420. The molecular formula is C15H15N3O3. The van der Waals surface area contributed by atoms with Crippen molar-refractivity contribution >= 4 is 17.5 Å². The number of nitrogens with zero attached hydrogens (tertiary/aromatic N) is 3. The van der Waals surface area contributed by atoms with Gasteiger partial charge < -0.3 is 10.0 Å². The second-order valence-electron chi connectivity index (χ2n) is 5.37. The Bertz CT molecular complexity index is 784. The van der Waals surface area contributed by atoms with Crippen LogP contribution in [0.15, 0.2) is 41.2 Å². The summed E-state index contributed by atoms with van der Waals surface area (Å²) in [7, 11) is 1.55. The van der Waals surface area contributed by atoms with E-state index in [9.17, 15) is 14.7 Å². The van der Waals surface area contributed by atoms with Crippen LogP contribution in [0.2, 0.25) is 0 Å². The Balaban J connectivity index is 2.22. The third-order valence-electron chi connectivity index (χ3n) is 3.90. The zero-order chi connectivity index (χ0) is 15.2. The Morgan fingerprint density at radius 1 is 1.29 bits per heavy atom. The number of hydrogen-bond donors (Lipinski definition) is 1. The van der Waals surface area contributed by atoms with Gasteiger partial charge in [-0.3, -0.25) is 4.79 Å². The maximum absolute atomic E-state index is 11.8. The molecule has 21 heavy (non-hydrogen) atoms. The third-order valence-corrected chi connectivity index (χ3v) is 3.90. The quantitative estimate of drug-likeness (QED) is 0.900. The molecule has 0 spiro atoms. The first-order valence-corrected chi connectivity index (χ1v) is 6.59. The maximum atomic E-state index is 11.8. The van der Waals surface area contributed by atoms with Crippen LogP contribution in [0.5, 0.6) is 0 Å². The van der Waals surface area contributed by atoms with Crippen molar-refractivity contribution in [2.24, 2.45) is 7.05 Å². The number of benzene rings is 1. The molecule has 0 aliphatic carbocycles. The largest absolute Gasteiger partial charge is 0.479 e. The normalized spacial score (nSPS) is 20.4. The van der Waals surface area contributed by atoms with E-state index in [1.165, 1.54) is 10.7 Å². The number of carbonyl (C=O) groups is 1. The highest BCUT2D eigenvalue weighted by Crippen LogP contribution is 2.43. The average molecular weight is 285 g/mol. The van der Waals surface area contributed by atoms with E-state index in [4.69, 9.17) is 0 Å². The highest BCUT2D eigenvalue weighted by atomic mass is 16.4. The molecule has 0 bridgehead atoms. The highest BCUT2D eigenvalue weighted by Gasteiger charge is 2.47. The zero-order valence-electron chi connectivity index (χ0n) is 11.8. The smallest absolute Gasteiger partial charge is 0.330 e. The first-order valence-electron chi connectivity index (χ1n) is 6.59.